The Balaban J connectivity index is 1.87. The number of methoxy groups -OCH3 is 2. The third-order valence-electron chi connectivity index (χ3n) is 5.46. The molecule has 0 amide bonds. The van der Waals surface area contributed by atoms with Gasteiger partial charge in [-0.1, -0.05) is 13.8 Å². The quantitative estimate of drug-likeness (QED) is 0.927. The summed E-state index contributed by atoms with van der Waals surface area (Å²) in [4.78, 5) is 2.63. The van der Waals surface area contributed by atoms with Crippen LogP contribution >= 0.6 is 0 Å². The first-order valence-electron chi connectivity index (χ1n) is 8.77. The fourth-order valence-corrected chi connectivity index (χ4v) is 4.32. The highest BCUT2D eigenvalue weighted by molar-refractivity contribution is 5.49. The van der Waals surface area contributed by atoms with E-state index in [0.717, 1.165) is 37.4 Å². The Labute approximate surface area is 139 Å². The molecule has 2 N–H and O–H groups in total. The standard InChI is InChI=1S/C19H30N2O2/c1-12(2)7-14-11-21-6-5-13-8-18(22-3)19(23-4)9-15(13)17(21)10-16(14)20/h8-9,12,14,16-17H,5-7,10-11,20H2,1-4H3/t14-,16-,17-/m1/s1. The van der Waals surface area contributed by atoms with Crippen molar-refractivity contribution in [1.82, 2.24) is 4.90 Å². The Morgan fingerprint density at radius 3 is 2.57 bits per heavy atom. The monoisotopic (exact) mass is 318 g/mol. The van der Waals surface area contributed by atoms with E-state index in [-0.39, 0.29) is 6.04 Å². The molecule has 0 aromatic heterocycles. The van der Waals surface area contributed by atoms with Crippen molar-refractivity contribution in [3.05, 3.63) is 23.3 Å². The van der Waals surface area contributed by atoms with Crippen LogP contribution in [0.3, 0.4) is 0 Å². The molecule has 1 aromatic carbocycles. The lowest BCUT2D eigenvalue weighted by molar-refractivity contribution is 0.0739. The molecule has 2 aliphatic rings. The number of nitrogens with two attached hydrogens (primary N) is 1. The van der Waals surface area contributed by atoms with E-state index in [1.54, 1.807) is 14.2 Å². The molecule has 1 fully saturated rings. The zero-order chi connectivity index (χ0) is 16.6. The third-order valence-corrected chi connectivity index (χ3v) is 5.46. The highest BCUT2D eigenvalue weighted by Crippen LogP contribution is 2.43. The van der Waals surface area contributed by atoms with Crippen molar-refractivity contribution in [2.45, 2.75) is 45.2 Å². The molecule has 4 nitrogen and oxygen atoms in total. The lowest BCUT2D eigenvalue weighted by atomic mass is 9.78. The molecule has 4 heteroatoms. The average Bonchev–Trinajstić information content (AvgIpc) is 2.53. The highest BCUT2D eigenvalue weighted by atomic mass is 16.5. The summed E-state index contributed by atoms with van der Waals surface area (Å²) < 4.78 is 11.0. The van der Waals surface area contributed by atoms with Crippen molar-refractivity contribution in [3.8, 4) is 11.5 Å². The second kappa shape index (κ2) is 6.70. The topological polar surface area (TPSA) is 47.7 Å². The molecule has 128 valence electrons. The van der Waals surface area contributed by atoms with Gasteiger partial charge in [-0.25, -0.2) is 0 Å². The number of nitrogens with zero attached hydrogens (tertiary/aromatic N) is 1. The first-order chi connectivity index (χ1) is 11.0. The first kappa shape index (κ1) is 16.6. The Bertz CT molecular complexity index is 559. The fraction of sp³-hybridized carbons (Fsp3) is 0.684. The van der Waals surface area contributed by atoms with Crippen LogP contribution in [0, 0.1) is 11.8 Å². The van der Waals surface area contributed by atoms with Crippen LogP contribution in [0.5, 0.6) is 11.5 Å². The van der Waals surface area contributed by atoms with Crippen LogP contribution in [0.15, 0.2) is 12.1 Å². The molecule has 2 heterocycles. The Kier molecular flexibility index (Phi) is 4.83. The lowest BCUT2D eigenvalue weighted by Crippen LogP contribution is -2.51. The summed E-state index contributed by atoms with van der Waals surface area (Å²) in [6, 6.07) is 5.03. The molecule has 0 saturated carbocycles. The van der Waals surface area contributed by atoms with Gasteiger partial charge in [0.2, 0.25) is 0 Å². The number of rotatable bonds is 4. The van der Waals surface area contributed by atoms with Crippen LogP contribution in [0.4, 0.5) is 0 Å². The first-order valence-corrected chi connectivity index (χ1v) is 8.77. The van der Waals surface area contributed by atoms with Gasteiger partial charge in [-0.15, -0.1) is 0 Å². The van der Waals surface area contributed by atoms with Crippen molar-refractivity contribution < 1.29 is 9.47 Å². The van der Waals surface area contributed by atoms with Crippen LogP contribution in [-0.4, -0.2) is 38.3 Å². The normalized spacial score (nSPS) is 27.5. The average molecular weight is 318 g/mol. The van der Waals surface area contributed by atoms with Gasteiger partial charge in [0.15, 0.2) is 11.5 Å². The zero-order valence-electron chi connectivity index (χ0n) is 14.8. The number of ether oxygens (including phenoxy) is 2. The molecular formula is C19H30N2O2. The molecule has 3 atom stereocenters. The largest absolute Gasteiger partial charge is 0.493 e. The number of fused-ring (bicyclic) bond motifs is 3. The molecule has 23 heavy (non-hydrogen) atoms. The van der Waals surface area contributed by atoms with E-state index in [4.69, 9.17) is 15.2 Å². The molecule has 2 aliphatic heterocycles. The predicted molar refractivity (Wildman–Crippen MR) is 93.1 cm³/mol. The van der Waals surface area contributed by atoms with Gasteiger partial charge >= 0.3 is 0 Å². The summed E-state index contributed by atoms with van der Waals surface area (Å²) >= 11 is 0. The maximum absolute atomic E-state index is 6.54. The van der Waals surface area contributed by atoms with E-state index in [1.807, 2.05) is 0 Å². The molecule has 1 aromatic rings. The van der Waals surface area contributed by atoms with Gasteiger partial charge in [0.1, 0.15) is 0 Å². The molecule has 0 aliphatic carbocycles. The highest BCUT2D eigenvalue weighted by Gasteiger charge is 2.38. The SMILES string of the molecule is COc1cc2c(cc1OC)[C@H]1C[C@@H](N)[C@H](CC(C)C)CN1CC2. The van der Waals surface area contributed by atoms with E-state index < -0.39 is 0 Å². The summed E-state index contributed by atoms with van der Waals surface area (Å²) in [7, 11) is 3.41. The van der Waals surface area contributed by atoms with Crippen LogP contribution in [-0.2, 0) is 6.42 Å². The minimum absolute atomic E-state index is 0.290. The minimum Gasteiger partial charge on any atom is -0.493 e. The fourth-order valence-electron chi connectivity index (χ4n) is 4.32. The second-order valence-corrected chi connectivity index (χ2v) is 7.46. The molecule has 0 spiro atoms. The molecular weight excluding hydrogens is 288 g/mol. The summed E-state index contributed by atoms with van der Waals surface area (Å²) in [6.07, 6.45) is 3.35. The number of hydrogen-bond acceptors (Lipinski definition) is 4. The van der Waals surface area contributed by atoms with E-state index >= 15 is 0 Å². The van der Waals surface area contributed by atoms with E-state index in [0.29, 0.717) is 17.9 Å². The predicted octanol–water partition coefficient (Wildman–Crippen LogP) is 3.00. The van der Waals surface area contributed by atoms with Gasteiger partial charge < -0.3 is 15.2 Å². The Hall–Kier alpha value is -1.26. The maximum atomic E-state index is 6.54. The summed E-state index contributed by atoms with van der Waals surface area (Å²) in [5.41, 5.74) is 9.30. The second-order valence-electron chi connectivity index (χ2n) is 7.46. The molecule has 0 unspecified atom stereocenters. The molecule has 1 saturated heterocycles. The smallest absolute Gasteiger partial charge is 0.161 e. The van der Waals surface area contributed by atoms with Crippen LogP contribution < -0.4 is 15.2 Å². The van der Waals surface area contributed by atoms with Crippen LogP contribution in [0.25, 0.3) is 0 Å². The van der Waals surface area contributed by atoms with Crippen molar-refractivity contribution in [2.24, 2.45) is 17.6 Å². The molecule has 3 rings (SSSR count). The van der Waals surface area contributed by atoms with E-state index in [9.17, 15) is 0 Å². The van der Waals surface area contributed by atoms with Gasteiger partial charge in [-0.05, 0) is 54.4 Å². The van der Waals surface area contributed by atoms with Crippen molar-refractivity contribution in [2.75, 3.05) is 27.3 Å². The molecule has 0 radical (unpaired) electrons. The van der Waals surface area contributed by atoms with E-state index in [1.165, 1.54) is 17.5 Å². The van der Waals surface area contributed by atoms with Gasteiger partial charge in [-0.2, -0.15) is 0 Å². The summed E-state index contributed by atoms with van der Waals surface area (Å²) in [5.74, 6) is 2.99. The third kappa shape index (κ3) is 3.20. The maximum Gasteiger partial charge on any atom is 0.161 e. The minimum atomic E-state index is 0.290. The van der Waals surface area contributed by atoms with Crippen LogP contribution in [0.2, 0.25) is 0 Å². The van der Waals surface area contributed by atoms with Crippen LogP contribution in [0.1, 0.15) is 43.9 Å². The van der Waals surface area contributed by atoms with E-state index in [2.05, 4.69) is 30.9 Å². The van der Waals surface area contributed by atoms with Gasteiger partial charge in [0.05, 0.1) is 14.2 Å². The van der Waals surface area contributed by atoms with Crippen molar-refractivity contribution in [3.63, 3.8) is 0 Å². The van der Waals surface area contributed by atoms with Gasteiger partial charge in [0, 0.05) is 25.2 Å². The number of benzene rings is 1. The Morgan fingerprint density at radius 1 is 1.22 bits per heavy atom. The molecule has 0 bridgehead atoms. The van der Waals surface area contributed by atoms with Crippen molar-refractivity contribution in [1.29, 1.82) is 0 Å². The van der Waals surface area contributed by atoms with Crippen molar-refractivity contribution >= 4 is 0 Å². The lowest BCUT2D eigenvalue weighted by Gasteiger charge is -2.46. The number of piperidine rings is 1. The van der Waals surface area contributed by atoms with Gasteiger partial charge in [0.25, 0.3) is 0 Å². The zero-order valence-corrected chi connectivity index (χ0v) is 14.8. The van der Waals surface area contributed by atoms with Gasteiger partial charge in [-0.3, -0.25) is 4.90 Å². The Morgan fingerprint density at radius 2 is 1.91 bits per heavy atom. The summed E-state index contributed by atoms with van der Waals surface area (Å²) in [6.45, 7) is 6.83. The summed E-state index contributed by atoms with van der Waals surface area (Å²) in [5, 5.41) is 0. The number of hydrogen-bond donors (Lipinski definition) is 1.